The Bertz CT molecular complexity index is 515. The first-order valence-electron chi connectivity index (χ1n) is 5.27. The van der Waals surface area contributed by atoms with Crippen LogP contribution in [0.4, 0.5) is 0 Å². The molecule has 0 N–H and O–H groups in total. The molecule has 3 heteroatoms. The molecule has 16 heavy (non-hydrogen) atoms. The molecule has 1 heterocycles. The third-order valence-corrected chi connectivity index (χ3v) is 2.71. The monoisotopic (exact) mass is 216 g/mol. The summed E-state index contributed by atoms with van der Waals surface area (Å²) in [6, 6.07) is 8.18. The average Bonchev–Trinajstić information content (AvgIpc) is 2.57. The van der Waals surface area contributed by atoms with E-state index in [9.17, 15) is 0 Å². The Hall–Kier alpha value is -1.77. The van der Waals surface area contributed by atoms with Gasteiger partial charge in [-0.3, -0.25) is 4.68 Å². The van der Waals surface area contributed by atoms with E-state index in [-0.39, 0.29) is 0 Å². The normalized spacial score (nSPS) is 10.5. The Morgan fingerprint density at radius 2 is 1.94 bits per heavy atom. The second-order valence-corrected chi connectivity index (χ2v) is 3.98. The summed E-state index contributed by atoms with van der Waals surface area (Å²) in [5.41, 5.74) is 4.57. The Kier molecular flexibility index (Phi) is 2.69. The maximum atomic E-state index is 5.20. The summed E-state index contributed by atoms with van der Waals surface area (Å²) >= 11 is 0. The molecule has 2 rings (SSSR count). The zero-order valence-electron chi connectivity index (χ0n) is 10.1. The van der Waals surface area contributed by atoms with E-state index in [2.05, 4.69) is 24.2 Å². The molecule has 0 spiro atoms. The molecule has 0 saturated heterocycles. The van der Waals surface area contributed by atoms with Gasteiger partial charge >= 0.3 is 0 Å². The topological polar surface area (TPSA) is 27.1 Å². The molecule has 0 unspecified atom stereocenters. The first kappa shape index (κ1) is 10.7. The molecule has 0 aliphatic rings. The van der Waals surface area contributed by atoms with Gasteiger partial charge in [0.15, 0.2) is 0 Å². The van der Waals surface area contributed by atoms with Crippen LogP contribution in [0, 0.1) is 13.8 Å². The Morgan fingerprint density at radius 3 is 2.44 bits per heavy atom. The largest absolute Gasteiger partial charge is 0.497 e. The van der Waals surface area contributed by atoms with E-state index < -0.39 is 0 Å². The summed E-state index contributed by atoms with van der Waals surface area (Å²) < 4.78 is 7.11. The highest BCUT2D eigenvalue weighted by Gasteiger charge is 2.08. The smallest absolute Gasteiger partial charge is 0.119 e. The molecule has 0 saturated carbocycles. The van der Waals surface area contributed by atoms with E-state index in [1.807, 2.05) is 30.8 Å². The van der Waals surface area contributed by atoms with Gasteiger partial charge in [-0.1, -0.05) is 0 Å². The van der Waals surface area contributed by atoms with Crippen molar-refractivity contribution in [2.24, 2.45) is 7.05 Å². The molecule has 1 aromatic carbocycles. The number of rotatable bonds is 2. The number of aryl methyl sites for hydroxylation is 3. The summed E-state index contributed by atoms with van der Waals surface area (Å²) in [7, 11) is 3.65. The number of nitrogens with zero attached hydrogens (tertiary/aromatic N) is 2. The quantitative estimate of drug-likeness (QED) is 0.771. The van der Waals surface area contributed by atoms with E-state index in [4.69, 9.17) is 4.74 Å². The van der Waals surface area contributed by atoms with Crippen molar-refractivity contribution in [3.05, 3.63) is 35.5 Å². The summed E-state index contributed by atoms with van der Waals surface area (Å²) in [6.07, 6.45) is 0. The van der Waals surface area contributed by atoms with Crippen LogP contribution in [0.2, 0.25) is 0 Å². The second-order valence-electron chi connectivity index (χ2n) is 3.98. The molecule has 84 valence electrons. The molecule has 0 bridgehead atoms. The predicted octanol–water partition coefficient (Wildman–Crippen LogP) is 2.71. The van der Waals surface area contributed by atoms with E-state index in [1.165, 1.54) is 11.1 Å². The van der Waals surface area contributed by atoms with Gasteiger partial charge in [-0.25, -0.2) is 0 Å². The first-order chi connectivity index (χ1) is 7.61. The van der Waals surface area contributed by atoms with Gasteiger partial charge in [0.05, 0.1) is 18.5 Å². The van der Waals surface area contributed by atoms with Gasteiger partial charge in [0.2, 0.25) is 0 Å². The number of benzene rings is 1. The van der Waals surface area contributed by atoms with Crippen LogP contribution in [0.1, 0.15) is 11.3 Å². The molecule has 0 amide bonds. The predicted molar refractivity (Wildman–Crippen MR) is 64.7 cm³/mol. The van der Waals surface area contributed by atoms with Crippen LogP contribution in [0.15, 0.2) is 24.3 Å². The molecule has 1 aromatic heterocycles. The van der Waals surface area contributed by atoms with Crippen LogP contribution >= 0.6 is 0 Å². The van der Waals surface area contributed by atoms with Crippen LogP contribution in [0.5, 0.6) is 5.75 Å². The van der Waals surface area contributed by atoms with E-state index >= 15 is 0 Å². The fraction of sp³-hybridized carbons (Fsp3) is 0.308. The molecule has 0 aliphatic heterocycles. The molecular weight excluding hydrogens is 200 g/mol. The summed E-state index contributed by atoms with van der Waals surface area (Å²) in [5.74, 6) is 0.889. The van der Waals surface area contributed by atoms with Gasteiger partial charge in [0.1, 0.15) is 5.75 Å². The molecule has 0 aliphatic carbocycles. The Morgan fingerprint density at radius 1 is 1.19 bits per heavy atom. The summed E-state index contributed by atoms with van der Waals surface area (Å²) in [4.78, 5) is 0. The molecule has 0 atom stereocenters. The maximum absolute atomic E-state index is 5.20. The number of methoxy groups -OCH3 is 1. The highest BCUT2D eigenvalue weighted by atomic mass is 16.5. The first-order valence-corrected chi connectivity index (χ1v) is 5.27. The van der Waals surface area contributed by atoms with Gasteiger partial charge < -0.3 is 4.74 Å². The number of aromatic nitrogens is 2. The molecule has 3 nitrogen and oxygen atoms in total. The lowest BCUT2D eigenvalue weighted by Crippen LogP contribution is -1.95. The van der Waals surface area contributed by atoms with Gasteiger partial charge in [-0.15, -0.1) is 0 Å². The van der Waals surface area contributed by atoms with Gasteiger partial charge in [-0.2, -0.15) is 5.10 Å². The maximum Gasteiger partial charge on any atom is 0.119 e. The Balaban J connectivity index is 2.52. The zero-order valence-corrected chi connectivity index (χ0v) is 10.1. The zero-order chi connectivity index (χ0) is 11.7. The van der Waals surface area contributed by atoms with Crippen LogP contribution in [0.3, 0.4) is 0 Å². The van der Waals surface area contributed by atoms with Crippen molar-refractivity contribution in [1.82, 2.24) is 9.78 Å². The van der Waals surface area contributed by atoms with Crippen LogP contribution < -0.4 is 4.74 Å². The Labute approximate surface area is 95.7 Å². The van der Waals surface area contributed by atoms with Crippen molar-refractivity contribution >= 4 is 0 Å². The van der Waals surface area contributed by atoms with E-state index in [0.717, 1.165) is 17.1 Å². The lowest BCUT2D eigenvalue weighted by Gasteiger charge is -2.08. The summed E-state index contributed by atoms with van der Waals surface area (Å²) in [6.45, 7) is 4.09. The minimum atomic E-state index is 0.889. The van der Waals surface area contributed by atoms with Crippen molar-refractivity contribution in [2.75, 3.05) is 7.11 Å². The SMILES string of the molecule is COc1ccc(-c2cc(C)nn2C)c(C)c1. The molecule has 0 fully saturated rings. The van der Waals surface area contributed by atoms with Crippen LogP contribution in [-0.4, -0.2) is 16.9 Å². The summed E-state index contributed by atoms with van der Waals surface area (Å²) in [5, 5.41) is 4.36. The van der Waals surface area contributed by atoms with Gasteiger partial charge in [0, 0.05) is 12.6 Å². The third kappa shape index (κ3) is 1.81. The highest BCUT2D eigenvalue weighted by Crippen LogP contribution is 2.26. The molecular formula is C13H16N2O. The minimum absolute atomic E-state index is 0.889. The highest BCUT2D eigenvalue weighted by molar-refractivity contribution is 5.65. The fourth-order valence-electron chi connectivity index (χ4n) is 1.91. The number of hydrogen-bond acceptors (Lipinski definition) is 2. The lowest BCUT2D eigenvalue weighted by atomic mass is 10.1. The van der Waals surface area contributed by atoms with Crippen LogP contribution in [0.25, 0.3) is 11.3 Å². The third-order valence-electron chi connectivity index (χ3n) is 2.71. The van der Waals surface area contributed by atoms with Crippen molar-refractivity contribution in [3.63, 3.8) is 0 Å². The van der Waals surface area contributed by atoms with Crippen molar-refractivity contribution < 1.29 is 4.74 Å². The minimum Gasteiger partial charge on any atom is -0.497 e. The second kappa shape index (κ2) is 4.00. The van der Waals surface area contributed by atoms with Crippen molar-refractivity contribution in [3.8, 4) is 17.0 Å². The molecule has 2 aromatic rings. The van der Waals surface area contributed by atoms with Crippen molar-refractivity contribution in [1.29, 1.82) is 0 Å². The fourth-order valence-corrected chi connectivity index (χ4v) is 1.91. The van der Waals surface area contributed by atoms with E-state index in [0.29, 0.717) is 0 Å². The van der Waals surface area contributed by atoms with Crippen molar-refractivity contribution in [2.45, 2.75) is 13.8 Å². The van der Waals surface area contributed by atoms with E-state index in [1.54, 1.807) is 7.11 Å². The van der Waals surface area contributed by atoms with Crippen LogP contribution in [-0.2, 0) is 7.05 Å². The number of hydrogen-bond donors (Lipinski definition) is 0. The lowest BCUT2D eigenvalue weighted by molar-refractivity contribution is 0.414. The van der Waals surface area contributed by atoms with Gasteiger partial charge in [0.25, 0.3) is 0 Å². The standard InChI is InChI=1S/C13H16N2O/c1-9-7-11(16-4)5-6-12(9)13-8-10(2)14-15(13)3/h5-8H,1-4H3. The number of ether oxygens (including phenoxy) is 1. The average molecular weight is 216 g/mol. The molecule has 0 radical (unpaired) electrons. The van der Waals surface area contributed by atoms with Gasteiger partial charge in [-0.05, 0) is 43.7 Å².